The molecule has 2 N–H and O–H groups in total. The Balaban J connectivity index is 1.96. The van der Waals surface area contributed by atoms with Gasteiger partial charge < -0.3 is 15.2 Å². The summed E-state index contributed by atoms with van der Waals surface area (Å²) in [6.07, 6.45) is 0. The molecule has 1 atom stereocenters. The molecule has 0 unspecified atom stereocenters. The Hall–Kier alpha value is -1.36. The lowest BCUT2D eigenvalue weighted by molar-refractivity contribution is 0.200. The molecule has 0 saturated heterocycles. The number of hydrogen-bond acceptors (Lipinski definition) is 4. The highest BCUT2D eigenvalue weighted by Gasteiger charge is 2.09. The molecular formula is C16H21NO2S. The van der Waals surface area contributed by atoms with E-state index in [0.29, 0.717) is 12.6 Å². The van der Waals surface area contributed by atoms with Crippen LogP contribution in [-0.2, 0) is 6.54 Å². The summed E-state index contributed by atoms with van der Waals surface area (Å²) in [5.74, 6) is 0.837. The van der Waals surface area contributed by atoms with E-state index >= 15 is 0 Å². The average molecular weight is 291 g/mol. The normalized spacial score (nSPS) is 12.3. The summed E-state index contributed by atoms with van der Waals surface area (Å²) in [7, 11) is 0. The fourth-order valence-electron chi connectivity index (χ4n) is 2.00. The molecule has 2 aromatic rings. The monoisotopic (exact) mass is 291 g/mol. The summed E-state index contributed by atoms with van der Waals surface area (Å²) in [6.45, 7) is 5.41. The molecule has 0 radical (unpaired) electrons. The van der Waals surface area contributed by atoms with Crippen molar-refractivity contribution in [1.82, 2.24) is 5.32 Å². The predicted octanol–water partition coefficient (Wildman–Crippen LogP) is 3.28. The van der Waals surface area contributed by atoms with Crippen LogP contribution in [0.15, 0.2) is 36.4 Å². The number of nitrogens with one attached hydrogen (secondary N) is 1. The first kappa shape index (κ1) is 15.0. The highest BCUT2D eigenvalue weighted by molar-refractivity contribution is 7.12. The van der Waals surface area contributed by atoms with Gasteiger partial charge in [-0.2, -0.15) is 0 Å². The van der Waals surface area contributed by atoms with Gasteiger partial charge in [-0.3, -0.25) is 0 Å². The standard InChI is InChI=1S/C16H21NO2S/c1-12-7-8-16(20-12)13(2)17-11-14-5-3-4-6-15(14)19-10-9-18/h3-8,13,17-18H,9-11H2,1-2H3/t13-/m0/s1. The van der Waals surface area contributed by atoms with Crippen LogP contribution >= 0.6 is 11.3 Å². The van der Waals surface area contributed by atoms with Crippen LogP contribution in [-0.4, -0.2) is 18.3 Å². The molecule has 0 spiro atoms. The summed E-state index contributed by atoms with van der Waals surface area (Å²) >= 11 is 1.82. The largest absolute Gasteiger partial charge is 0.491 e. The van der Waals surface area contributed by atoms with Crippen LogP contribution < -0.4 is 10.1 Å². The van der Waals surface area contributed by atoms with Gasteiger partial charge in [-0.1, -0.05) is 18.2 Å². The van der Waals surface area contributed by atoms with E-state index in [9.17, 15) is 0 Å². The lowest BCUT2D eigenvalue weighted by Crippen LogP contribution is -2.18. The maximum Gasteiger partial charge on any atom is 0.123 e. The van der Waals surface area contributed by atoms with Crippen molar-refractivity contribution in [2.45, 2.75) is 26.4 Å². The van der Waals surface area contributed by atoms with Gasteiger partial charge in [-0.25, -0.2) is 0 Å². The summed E-state index contributed by atoms with van der Waals surface area (Å²) in [5.41, 5.74) is 1.11. The van der Waals surface area contributed by atoms with Crippen molar-refractivity contribution in [1.29, 1.82) is 0 Å². The van der Waals surface area contributed by atoms with Gasteiger partial charge in [-0.15, -0.1) is 11.3 Å². The maximum absolute atomic E-state index is 8.85. The molecule has 0 bridgehead atoms. The molecule has 20 heavy (non-hydrogen) atoms. The van der Waals surface area contributed by atoms with Crippen molar-refractivity contribution in [3.8, 4) is 5.75 Å². The lowest BCUT2D eigenvalue weighted by Gasteiger charge is -2.15. The molecule has 0 aliphatic carbocycles. The number of ether oxygens (including phenoxy) is 1. The van der Waals surface area contributed by atoms with Gasteiger partial charge in [-0.05, 0) is 32.0 Å². The van der Waals surface area contributed by atoms with Gasteiger partial charge in [0.25, 0.3) is 0 Å². The van der Waals surface area contributed by atoms with Crippen molar-refractivity contribution in [2.75, 3.05) is 13.2 Å². The zero-order valence-corrected chi connectivity index (χ0v) is 12.7. The molecule has 108 valence electrons. The third kappa shape index (κ3) is 4.07. The Labute approximate surface area is 124 Å². The van der Waals surface area contributed by atoms with Crippen LogP contribution in [0.5, 0.6) is 5.75 Å². The van der Waals surface area contributed by atoms with E-state index in [4.69, 9.17) is 9.84 Å². The Bertz CT molecular complexity index is 539. The zero-order chi connectivity index (χ0) is 14.4. The van der Waals surface area contributed by atoms with Crippen molar-refractivity contribution in [3.63, 3.8) is 0 Å². The molecule has 0 aliphatic heterocycles. The van der Waals surface area contributed by atoms with E-state index in [0.717, 1.165) is 17.9 Å². The summed E-state index contributed by atoms with van der Waals surface area (Å²) in [6, 6.07) is 12.6. The quantitative estimate of drug-likeness (QED) is 0.822. The van der Waals surface area contributed by atoms with Crippen LogP contribution in [0, 0.1) is 6.92 Å². The molecule has 1 aromatic carbocycles. The molecule has 0 aliphatic rings. The highest BCUT2D eigenvalue weighted by Crippen LogP contribution is 2.24. The van der Waals surface area contributed by atoms with E-state index < -0.39 is 0 Å². The topological polar surface area (TPSA) is 41.5 Å². The second kappa shape index (κ2) is 7.43. The van der Waals surface area contributed by atoms with Crippen molar-refractivity contribution < 1.29 is 9.84 Å². The van der Waals surface area contributed by atoms with Gasteiger partial charge in [0, 0.05) is 27.9 Å². The fourth-order valence-corrected chi connectivity index (χ4v) is 2.90. The van der Waals surface area contributed by atoms with Gasteiger partial charge in [0.1, 0.15) is 12.4 Å². The van der Waals surface area contributed by atoms with E-state index in [1.54, 1.807) is 0 Å². The average Bonchev–Trinajstić information content (AvgIpc) is 2.90. The smallest absolute Gasteiger partial charge is 0.123 e. The summed E-state index contributed by atoms with van der Waals surface area (Å²) in [5, 5.41) is 12.4. The highest BCUT2D eigenvalue weighted by atomic mass is 32.1. The number of hydrogen-bond donors (Lipinski definition) is 2. The zero-order valence-electron chi connectivity index (χ0n) is 11.9. The Morgan fingerprint density at radius 3 is 2.75 bits per heavy atom. The number of aryl methyl sites for hydroxylation is 1. The number of rotatable bonds is 7. The summed E-state index contributed by atoms with van der Waals surface area (Å²) < 4.78 is 5.54. The number of para-hydroxylation sites is 1. The Morgan fingerprint density at radius 1 is 1.25 bits per heavy atom. The van der Waals surface area contributed by atoms with Crippen LogP contribution in [0.25, 0.3) is 0 Å². The van der Waals surface area contributed by atoms with E-state index in [1.165, 1.54) is 9.75 Å². The van der Waals surface area contributed by atoms with E-state index in [1.807, 2.05) is 35.6 Å². The number of benzene rings is 1. The molecular weight excluding hydrogens is 270 g/mol. The second-order valence-corrected chi connectivity index (χ2v) is 6.05. The SMILES string of the molecule is Cc1ccc([C@H](C)NCc2ccccc2OCCO)s1. The molecule has 2 rings (SSSR count). The molecule has 0 saturated carbocycles. The Kier molecular flexibility index (Phi) is 5.59. The molecule has 1 heterocycles. The third-order valence-corrected chi connectivity index (χ3v) is 4.29. The van der Waals surface area contributed by atoms with E-state index in [-0.39, 0.29) is 6.61 Å². The summed E-state index contributed by atoms with van der Waals surface area (Å²) in [4.78, 5) is 2.68. The van der Waals surface area contributed by atoms with Crippen molar-refractivity contribution >= 4 is 11.3 Å². The number of aliphatic hydroxyl groups is 1. The maximum atomic E-state index is 8.85. The van der Waals surface area contributed by atoms with Gasteiger partial charge in [0.15, 0.2) is 0 Å². The van der Waals surface area contributed by atoms with Gasteiger partial charge >= 0.3 is 0 Å². The Morgan fingerprint density at radius 2 is 2.05 bits per heavy atom. The van der Waals surface area contributed by atoms with Crippen LogP contribution in [0.2, 0.25) is 0 Å². The van der Waals surface area contributed by atoms with Crippen molar-refractivity contribution in [3.05, 3.63) is 51.7 Å². The fraction of sp³-hybridized carbons (Fsp3) is 0.375. The molecule has 4 heteroatoms. The van der Waals surface area contributed by atoms with Gasteiger partial charge in [0.05, 0.1) is 6.61 Å². The molecule has 1 aromatic heterocycles. The second-order valence-electron chi connectivity index (χ2n) is 4.73. The van der Waals surface area contributed by atoms with Crippen LogP contribution in [0.3, 0.4) is 0 Å². The lowest BCUT2D eigenvalue weighted by atomic mass is 10.2. The minimum atomic E-state index is 0.0344. The predicted molar refractivity (Wildman–Crippen MR) is 83.3 cm³/mol. The van der Waals surface area contributed by atoms with Crippen LogP contribution in [0.1, 0.15) is 28.3 Å². The first-order valence-electron chi connectivity index (χ1n) is 6.82. The molecule has 0 amide bonds. The van der Waals surface area contributed by atoms with Gasteiger partial charge in [0.2, 0.25) is 0 Å². The minimum absolute atomic E-state index is 0.0344. The van der Waals surface area contributed by atoms with Crippen LogP contribution in [0.4, 0.5) is 0 Å². The van der Waals surface area contributed by atoms with E-state index in [2.05, 4.69) is 31.3 Å². The molecule has 3 nitrogen and oxygen atoms in total. The number of thiophene rings is 1. The first-order valence-corrected chi connectivity index (χ1v) is 7.63. The first-order chi connectivity index (χ1) is 9.70. The minimum Gasteiger partial charge on any atom is -0.491 e. The molecule has 0 fully saturated rings. The van der Waals surface area contributed by atoms with Crippen molar-refractivity contribution in [2.24, 2.45) is 0 Å². The third-order valence-electron chi connectivity index (χ3n) is 3.11. The number of aliphatic hydroxyl groups excluding tert-OH is 1.